The van der Waals surface area contributed by atoms with Crippen molar-refractivity contribution in [2.45, 2.75) is 31.8 Å². The molecule has 3 rings (SSSR count). The number of benzene rings is 1. The Morgan fingerprint density at radius 3 is 2.48 bits per heavy atom. The largest absolute Gasteiger partial charge is 0.444 e. The van der Waals surface area contributed by atoms with Gasteiger partial charge in [0.05, 0.1) is 0 Å². The van der Waals surface area contributed by atoms with Gasteiger partial charge >= 0.3 is 6.09 Å². The van der Waals surface area contributed by atoms with Gasteiger partial charge in [-0.1, -0.05) is 30.3 Å². The van der Waals surface area contributed by atoms with Crippen LogP contribution in [-0.2, 0) is 10.2 Å². The molecule has 1 aliphatic heterocycles. The van der Waals surface area contributed by atoms with Gasteiger partial charge in [0.15, 0.2) is 0 Å². The smallest absolute Gasteiger partial charge is 0.407 e. The molecule has 1 heterocycles. The number of amides is 1. The Morgan fingerprint density at radius 1 is 1.29 bits per heavy atom. The molecule has 0 spiro atoms. The Kier molecular flexibility index (Phi) is 3.44. The third-order valence-electron chi connectivity index (χ3n) is 4.66. The number of hydrogen-bond acceptors (Lipinski definition) is 3. The molecule has 3 atom stereocenters. The van der Waals surface area contributed by atoms with Gasteiger partial charge in [0.25, 0.3) is 0 Å². The van der Waals surface area contributed by atoms with Crippen molar-refractivity contribution in [2.24, 2.45) is 11.8 Å². The van der Waals surface area contributed by atoms with Crippen LogP contribution in [0.5, 0.6) is 0 Å². The molecule has 4 heteroatoms. The molecule has 1 saturated heterocycles. The minimum Gasteiger partial charge on any atom is -0.444 e. The van der Waals surface area contributed by atoms with E-state index in [0.29, 0.717) is 18.4 Å². The molecular weight excluding hydrogens is 264 g/mol. The molecule has 0 bridgehead atoms. The molecule has 114 valence electrons. The van der Waals surface area contributed by atoms with Crippen LogP contribution in [0.3, 0.4) is 0 Å². The fraction of sp³-hybridized carbons (Fsp3) is 0.588. The Balaban J connectivity index is 1.70. The van der Waals surface area contributed by atoms with Crippen molar-refractivity contribution in [1.29, 1.82) is 0 Å². The first-order valence-corrected chi connectivity index (χ1v) is 7.66. The lowest BCUT2D eigenvalue weighted by Gasteiger charge is -2.24. The molecule has 1 aliphatic carbocycles. The monoisotopic (exact) mass is 288 g/mol. The van der Waals surface area contributed by atoms with E-state index < -0.39 is 5.60 Å². The molecular formula is C17H24N2O2. The van der Waals surface area contributed by atoms with Crippen LogP contribution < -0.4 is 10.6 Å². The summed E-state index contributed by atoms with van der Waals surface area (Å²) in [4.78, 5) is 11.9. The number of rotatable bonds is 3. The van der Waals surface area contributed by atoms with Crippen LogP contribution in [-0.4, -0.2) is 31.3 Å². The number of alkyl carbamates (subject to hydrolysis) is 1. The van der Waals surface area contributed by atoms with Crippen molar-refractivity contribution in [3.8, 4) is 0 Å². The molecule has 1 aromatic rings. The molecule has 4 nitrogen and oxygen atoms in total. The predicted molar refractivity (Wildman–Crippen MR) is 82.2 cm³/mol. The molecule has 1 amide bonds. The van der Waals surface area contributed by atoms with Crippen molar-refractivity contribution in [3.05, 3.63) is 35.9 Å². The van der Waals surface area contributed by atoms with Crippen LogP contribution in [0.4, 0.5) is 4.79 Å². The van der Waals surface area contributed by atoms with E-state index in [-0.39, 0.29) is 11.5 Å². The fourth-order valence-corrected chi connectivity index (χ4v) is 3.72. The van der Waals surface area contributed by atoms with Crippen LogP contribution >= 0.6 is 0 Å². The molecule has 2 aliphatic rings. The van der Waals surface area contributed by atoms with E-state index in [9.17, 15) is 4.79 Å². The highest BCUT2D eigenvalue weighted by atomic mass is 16.6. The number of carbonyl (C=O) groups is 1. The third kappa shape index (κ3) is 2.64. The Labute approximate surface area is 126 Å². The predicted octanol–water partition coefficient (Wildman–Crippen LogP) is 2.30. The van der Waals surface area contributed by atoms with Crippen LogP contribution in [0.25, 0.3) is 0 Å². The summed E-state index contributed by atoms with van der Waals surface area (Å²) in [5.41, 5.74) is 0.964. The van der Waals surface area contributed by atoms with Crippen molar-refractivity contribution >= 4 is 6.09 Å². The zero-order chi connectivity index (χ0) is 15.1. The number of hydrogen-bond donors (Lipinski definition) is 2. The van der Waals surface area contributed by atoms with E-state index in [1.807, 2.05) is 26.8 Å². The second-order valence-corrected chi connectivity index (χ2v) is 7.13. The lowest BCUT2D eigenvalue weighted by Crippen LogP contribution is -2.40. The molecule has 21 heavy (non-hydrogen) atoms. The molecule has 1 saturated carbocycles. The van der Waals surface area contributed by atoms with E-state index in [4.69, 9.17) is 4.74 Å². The SMILES string of the molecule is CC(C)(C)OC(=O)NCC1(c2ccccc2)[C@@H]2CNC[C@@H]21. The van der Waals surface area contributed by atoms with Crippen LogP contribution in [0.15, 0.2) is 30.3 Å². The van der Waals surface area contributed by atoms with Gasteiger partial charge < -0.3 is 15.4 Å². The first-order chi connectivity index (χ1) is 9.93. The van der Waals surface area contributed by atoms with Crippen molar-refractivity contribution in [3.63, 3.8) is 0 Å². The second kappa shape index (κ2) is 5.02. The topological polar surface area (TPSA) is 50.4 Å². The number of carbonyl (C=O) groups excluding carboxylic acids is 1. The quantitative estimate of drug-likeness (QED) is 0.897. The van der Waals surface area contributed by atoms with Crippen molar-refractivity contribution in [1.82, 2.24) is 10.6 Å². The third-order valence-corrected chi connectivity index (χ3v) is 4.66. The first kappa shape index (κ1) is 14.4. The number of nitrogens with one attached hydrogen (secondary N) is 2. The number of piperidine rings is 1. The first-order valence-electron chi connectivity index (χ1n) is 7.66. The summed E-state index contributed by atoms with van der Waals surface area (Å²) in [6.07, 6.45) is -0.323. The lowest BCUT2D eigenvalue weighted by atomic mass is 9.90. The van der Waals surface area contributed by atoms with Crippen molar-refractivity contribution < 1.29 is 9.53 Å². The summed E-state index contributed by atoms with van der Waals surface area (Å²) in [6, 6.07) is 10.5. The van der Waals surface area contributed by atoms with E-state index in [2.05, 4.69) is 34.9 Å². The molecule has 2 fully saturated rings. The maximum absolute atomic E-state index is 11.9. The van der Waals surface area contributed by atoms with Crippen LogP contribution in [0.1, 0.15) is 26.3 Å². The summed E-state index contributed by atoms with van der Waals surface area (Å²) < 4.78 is 5.35. The Hall–Kier alpha value is -1.55. The van der Waals surface area contributed by atoms with E-state index >= 15 is 0 Å². The maximum atomic E-state index is 11.9. The molecule has 2 N–H and O–H groups in total. The Morgan fingerprint density at radius 2 is 1.90 bits per heavy atom. The molecule has 1 aromatic carbocycles. The minimum atomic E-state index is -0.453. The summed E-state index contributed by atoms with van der Waals surface area (Å²) >= 11 is 0. The summed E-state index contributed by atoms with van der Waals surface area (Å²) in [5.74, 6) is 1.24. The number of fused-ring (bicyclic) bond motifs is 1. The van der Waals surface area contributed by atoms with Crippen LogP contribution in [0.2, 0.25) is 0 Å². The van der Waals surface area contributed by atoms with Crippen molar-refractivity contribution in [2.75, 3.05) is 19.6 Å². The van der Waals surface area contributed by atoms with Gasteiger partial charge in [-0.05, 0) is 51.3 Å². The summed E-state index contributed by atoms with van der Waals surface area (Å²) in [5, 5.41) is 6.41. The molecule has 0 aromatic heterocycles. The Bertz CT molecular complexity index is 511. The van der Waals surface area contributed by atoms with Gasteiger partial charge in [-0.25, -0.2) is 4.79 Å². The fourth-order valence-electron chi connectivity index (χ4n) is 3.72. The average molecular weight is 288 g/mol. The zero-order valence-electron chi connectivity index (χ0n) is 13.0. The second-order valence-electron chi connectivity index (χ2n) is 7.13. The van der Waals surface area contributed by atoms with E-state index in [0.717, 1.165) is 13.1 Å². The summed E-state index contributed by atoms with van der Waals surface area (Å²) in [6.45, 7) is 8.38. The van der Waals surface area contributed by atoms with E-state index in [1.165, 1.54) is 5.56 Å². The highest BCUT2D eigenvalue weighted by molar-refractivity contribution is 5.68. The van der Waals surface area contributed by atoms with E-state index in [1.54, 1.807) is 0 Å². The van der Waals surface area contributed by atoms with Gasteiger partial charge in [0, 0.05) is 12.0 Å². The maximum Gasteiger partial charge on any atom is 0.407 e. The van der Waals surface area contributed by atoms with Gasteiger partial charge in [0.1, 0.15) is 5.60 Å². The highest BCUT2D eigenvalue weighted by Crippen LogP contribution is 2.61. The van der Waals surface area contributed by atoms with Gasteiger partial charge in [-0.15, -0.1) is 0 Å². The minimum absolute atomic E-state index is 0.0867. The van der Waals surface area contributed by atoms with Crippen LogP contribution in [0, 0.1) is 11.8 Å². The normalized spacial score (nSPS) is 30.6. The zero-order valence-corrected chi connectivity index (χ0v) is 13.0. The van der Waals surface area contributed by atoms with Gasteiger partial charge in [-0.3, -0.25) is 0 Å². The molecule has 1 unspecified atom stereocenters. The molecule has 0 radical (unpaired) electrons. The van der Waals surface area contributed by atoms with Gasteiger partial charge in [-0.2, -0.15) is 0 Å². The number of ether oxygens (including phenoxy) is 1. The summed E-state index contributed by atoms with van der Waals surface area (Å²) in [7, 11) is 0. The standard InChI is InChI=1S/C17H24N2O2/c1-16(2,3)21-15(20)19-11-17(12-7-5-4-6-8-12)13-9-18-10-14(13)17/h4-8,13-14,18H,9-11H2,1-3H3,(H,19,20)/t13-,14+,17?. The van der Waals surface area contributed by atoms with Gasteiger partial charge in [0.2, 0.25) is 0 Å². The highest BCUT2D eigenvalue weighted by Gasteiger charge is 2.66. The average Bonchev–Trinajstić information content (AvgIpc) is 2.79. The lowest BCUT2D eigenvalue weighted by molar-refractivity contribution is 0.0520.